The van der Waals surface area contributed by atoms with Crippen LogP contribution in [0, 0.1) is 17.2 Å². The molecule has 1 aromatic carbocycles. The molecule has 2 aromatic rings. The first-order valence-corrected chi connectivity index (χ1v) is 12.2. The Balaban J connectivity index is 1.68. The Labute approximate surface area is 208 Å². The van der Waals surface area contributed by atoms with Gasteiger partial charge < -0.3 is 24.6 Å². The fourth-order valence-electron chi connectivity index (χ4n) is 4.79. The molecule has 2 atom stereocenters. The van der Waals surface area contributed by atoms with Gasteiger partial charge in [0.1, 0.15) is 0 Å². The maximum absolute atomic E-state index is 13.8. The second-order valence-electron chi connectivity index (χ2n) is 9.72. The first-order valence-electron chi connectivity index (χ1n) is 12.2. The van der Waals surface area contributed by atoms with Crippen molar-refractivity contribution in [2.24, 2.45) is 5.92 Å². The third-order valence-corrected chi connectivity index (χ3v) is 6.74. The molecule has 0 saturated carbocycles. The summed E-state index contributed by atoms with van der Waals surface area (Å²) < 4.78 is 0. The molecule has 0 radical (unpaired) electrons. The summed E-state index contributed by atoms with van der Waals surface area (Å²) in [5.74, 6) is -0.170. The minimum absolute atomic E-state index is 0.0193. The summed E-state index contributed by atoms with van der Waals surface area (Å²) in [6.07, 6.45) is 9.02. The minimum Gasteiger partial charge on any atom is -0.364 e. The van der Waals surface area contributed by atoms with Crippen LogP contribution in [0.2, 0.25) is 0 Å². The van der Waals surface area contributed by atoms with E-state index in [0.717, 1.165) is 29.9 Å². The molecule has 0 spiro atoms. The first-order chi connectivity index (χ1) is 16.9. The molecule has 0 fully saturated rings. The van der Waals surface area contributed by atoms with Crippen LogP contribution < -0.4 is 0 Å². The van der Waals surface area contributed by atoms with Crippen LogP contribution in [-0.2, 0) is 13.0 Å². The number of benzene rings is 1. The smallest absolute Gasteiger partial charge is 0.320 e. The van der Waals surface area contributed by atoms with Gasteiger partial charge in [-0.1, -0.05) is 36.4 Å². The Morgan fingerprint density at radius 1 is 1.23 bits per heavy atom. The van der Waals surface area contributed by atoms with Crippen LogP contribution in [0.25, 0.3) is 0 Å². The second-order valence-corrected chi connectivity index (χ2v) is 9.72. The van der Waals surface area contributed by atoms with E-state index in [4.69, 9.17) is 0 Å². The second kappa shape index (κ2) is 11.2. The lowest BCUT2D eigenvalue weighted by molar-refractivity contribution is 0.135. The number of carbonyl (C=O) groups excluding carboxylic acids is 1. The van der Waals surface area contributed by atoms with E-state index in [1.165, 1.54) is 5.56 Å². The van der Waals surface area contributed by atoms with E-state index in [-0.39, 0.29) is 18.0 Å². The number of hydrogen-bond acceptors (Lipinski definition) is 5. The zero-order chi connectivity index (χ0) is 24.8. The van der Waals surface area contributed by atoms with Crippen molar-refractivity contribution >= 4 is 6.03 Å². The molecule has 2 heterocycles. The van der Waals surface area contributed by atoms with E-state index in [1.54, 1.807) is 6.33 Å². The average molecular weight is 474 g/mol. The van der Waals surface area contributed by atoms with Crippen molar-refractivity contribution in [3.05, 3.63) is 77.5 Å². The van der Waals surface area contributed by atoms with Gasteiger partial charge in [0.25, 0.3) is 0 Å². The summed E-state index contributed by atoms with van der Waals surface area (Å²) in [6.45, 7) is 3.36. The number of imidazole rings is 1. The Morgan fingerprint density at radius 2 is 2.03 bits per heavy atom. The number of aromatic nitrogens is 2. The van der Waals surface area contributed by atoms with Crippen LogP contribution in [0.1, 0.15) is 17.7 Å². The van der Waals surface area contributed by atoms with Crippen LogP contribution in [0.15, 0.2) is 66.3 Å². The van der Waals surface area contributed by atoms with Crippen LogP contribution in [0.4, 0.5) is 4.79 Å². The number of likely N-dealkylation sites (N-methyl/N-ethyl adjacent to an activating group) is 2. The van der Waals surface area contributed by atoms with Gasteiger partial charge in [-0.25, -0.2) is 9.78 Å². The first kappa shape index (κ1) is 24.6. The number of urea groups is 1. The van der Waals surface area contributed by atoms with Crippen molar-refractivity contribution in [1.82, 2.24) is 29.6 Å². The topological polar surface area (TPSA) is 82.5 Å². The highest BCUT2D eigenvalue weighted by Gasteiger charge is 2.35. The Bertz CT molecular complexity index is 1080. The van der Waals surface area contributed by atoms with Gasteiger partial charge in [0.15, 0.2) is 0 Å². The van der Waals surface area contributed by atoms with E-state index in [2.05, 4.69) is 44.0 Å². The highest BCUT2D eigenvalue weighted by Crippen LogP contribution is 2.32. The maximum atomic E-state index is 13.8. The van der Waals surface area contributed by atoms with Gasteiger partial charge >= 0.3 is 6.03 Å². The fourth-order valence-corrected chi connectivity index (χ4v) is 4.79. The fraction of sp³-hybridized carbons (Fsp3) is 0.444. The number of nitrogens with zero attached hydrogens (tertiary/aromatic N) is 6. The Kier molecular flexibility index (Phi) is 7.88. The highest BCUT2D eigenvalue weighted by molar-refractivity contribution is 5.75. The SMILES string of the molecule is CN(C)CCN(C)C(=O)N1CC2=C(C=CC(C#N)C2)N(Cc2cnc[nH]2)CC1Cc1ccccc1. The summed E-state index contributed by atoms with van der Waals surface area (Å²) in [4.78, 5) is 29.5. The van der Waals surface area contributed by atoms with Crippen LogP contribution >= 0.6 is 0 Å². The van der Waals surface area contributed by atoms with Crippen molar-refractivity contribution in [3.63, 3.8) is 0 Å². The van der Waals surface area contributed by atoms with Crippen molar-refractivity contribution < 1.29 is 4.79 Å². The van der Waals surface area contributed by atoms with Crippen molar-refractivity contribution in [1.29, 1.82) is 5.26 Å². The van der Waals surface area contributed by atoms with Crippen molar-refractivity contribution in [2.75, 3.05) is 47.3 Å². The minimum atomic E-state index is -0.170. The van der Waals surface area contributed by atoms with Gasteiger partial charge in [0.2, 0.25) is 0 Å². The molecular weight excluding hydrogens is 438 g/mol. The Hall–Kier alpha value is -3.57. The van der Waals surface area contributed by atoms with Crippen LogP contribution in [0.3, 0.4) is 0 Å². The molecule has 2 aliphatic rings. The molecule has 1 aliphatic heterocycles. The molecule has 184 valence electrons. The quantitative estimate of drug-likeness (QED) is 0.668. The summed E-state index contributed by atoms with van der Waals surface area (Å²) in [5, 5.41) is 9.61. The van der Waals surface area contributed by atoms with Crippen molar-refractivity contribution in [3.8, 4) is 6.07 Å². The number of H-pyrrole nitrogens is 1. The number of carbonyl (C=O) groups is 1. The van der Waals surface area contributed by atoms with Gasteiger partial charge in [-0.05, 0) is 44.1 Å². The monoisotopic (exact) mass is 473 g/mol. The predicted octanol–water partition coefficient (Wildman–Crippen LogP) is 3.11. The third kappa shape index (κ3) is 6.11. The van der Waals surface area contributed by atoms with E-state index < -0.39 is 0 Å². The number of nitrogens with one attached hydrogen (secondary N) is 1. The predicted molar refractivity (Wildman–Crippen MR) is 136 cm³/mol. The standard InChI is InChI=1S/C27H35N7O/c1-31(2)11-12-32(3)27(35)34-17-23-13-22(15-28)9-10-26(23)33(18-24-16-29-20-30-24)19-25(34)14-21-7-5-4-6-8-21/h4-10,16,20,22,25H,11-14,17-19H2,1-3H3,(H,29,30). The molecule has 2 amide bonds. The molecule has 8 heteroatoms. The zero-order valence-electron chi connectivity index (χ0n) is 20.9. The van der Waals surface area contributed by atoms with Gasteiger partial charge in [-0.3, -0.25) is 0 Å². The molecule has 35 heavy (non-hydrogen) atoms. The van der Waals surface area contributed by atoms with Crippen LogP contribution in [-0.4, -0.2) is 89.0 Å². The lowest BCUT2D eigenvalue weighted by atomic mass is 9.92. The highest BCUT2D eigenvalue weighted by atomic mass is 16.2. The molecular formula is C27H35N7O. The van der Waals surface area contributed by atoms with E-state index in [0.29, 0.717) is 32.6 Å². The Morgan fingerprint density at radius 3 is 2.71 bits per heavy atom. The average Bonchev–Trinajstić information content (AvgIpc) is 3.33. The number of aromatic amines is 1. The molecule has 0 saturated heterocycles. The normalized spacial score (nSPS) is 20.0. The molecule has 8 nitrogen and oxygen atoms in total. The summed E-state index contributed by atoms with van der Waals surface area (Å²) >= 11 is 0. The van der Waals surface area contributed by atoms with E-state index in [1.807, 2.05) is 61.4 Å². The number of rotatable bonds is 7. The molecule has 1 aromatic heterocycles. The number of nitriles is 1. The molecule has 2 unspecified atom stereocenters. The molecule has 1 aliphatic carbocycles. The number of hydrogen-bond donors (Lipinski definition) is 1. The number of allylic oxidation sites excluding steroid dienone is 2. The molecule has 1 N–H and O–H groups in total. The summed E-state index contributed by atoms with van der Waals surface area (Å²) in [6, 6.07) is 12.8. The number of amides is 2. The van der Waals surface area contributed by atoms with Gasteiger partial charge in [-0.2, -0.15) is 5.26 Å². The zero-order valence-corrected chi connectivity index (χ0v) is 20.9. The largest absolute Gasteiger partial charge is 0.364 e. The van der Waals surface area contributed by atoms with Gasteiger partial charge in [0, 0.05) is 45.1 Å². The third-order valence-electron chi connectivity index (χ3n) is 6.74. The van der Waals surface area contributed by atoms with Gasteiger partial charge in [-0.15, -0.1) is 0 Å². The van der Waals surface area contributed by atoms with Crippen molar-refractivity contribution in [2.45, 2.75) is 25.4 Å². The lowest BCUT2D eigenvalue weighted by Crippen LogP contribution is -2.51. The summed E-state index contributed by atoms with van der Waals surface area (Å²) in [7, 11) is 5.92. The van der Waals surface area contributed by atoms with Crippen LogP contribution in [0.5, 0.6) is 0 Å². The molecule has 4 rings (SSSR count). The van der Waals surface area contributed by atoms with Gasteiger partial charge in [0.05, 0.1) is 36.6 Å². The van der Waals surface area contributed by atoms with E-state index in [9.17, 15) is 10.1 Å². The maximum Gasteiger partial charge on any atom is 0.320 e. The summed E-state index contributed by atoms with van der Waals surface area (Å²) in [5.41, 5.74) is 4.49. The lowest BCUT2D eigenvalue weighted by Gasteiger charge is -2.36. The van der Waals surface area contributed by atoms with E-state index >= 15 is 0 Å². The molecule has 0 bridgehead atoms.